The highest BCUT2D eigenvalue weighted by Crippen LogP contribution is 2.40. The molecule has 1 spiro atoms. The van der Waals surface area contributed by atoms with Gasteiger partial charge in [-0.05, 0) is 63.1 Å². The van der Waals surface area contributed by atoms with Crippen LogP contribution in [0.25, 0.3) is 17.0 Å². The molecule has 0 radical (unpaired) electrons. The van der Waals surface area contributed by atoms with Crippen LogP contribution in [0.15, 0.2) is 36.4 Å². The van der Waals surface area contributed by atoms with Gasteiger partial charge in [-0.25, -0.2) is 5.43 Å². The standard InChI is InChI=1S/C33H43N5O5/c1-20(2)28-30(40)35-22(4)31(41)38-18-8-9-26(37-38)29(39)34-21(3)25-13-12-24-11-10-23(19-27(24)36-25)14-17-33(32(42)43-28)15-6-5-7-16-33/h10-14,17,19-22,26,28,37H,5-9,15-16,18H2,1-4H3,(H,34,39)(H,35,40)/b17-14+/t21-,22+,26?,28+/m1/s1. The summed E-state index contributed by atoms with van der Waals surface area (Å²) in [7, 11) is 0. The van der Waals surface area contributed by atoms with Crippen LogP contribution in [0.2, 0.25) is 0 Å². The number of hydrogen-bond donors (Lipinski definition) is 3. The molecule has 1 unspecified atom stereocenters. The first-order chi connectivity index (χ1) is 20.6. The SMILES string of the molecule is CC(C)[C@@H]1OC(=O)C2(/C=C/c3ccc4ccc(nc4c3)[C@@H](C)NC(=O)C3CCCN(N3)C(=O)[C@H](C)NC1=O)CCCCC2. The van der Waals surface area contributed by atoms with Crippen LogP contribution in [0.5, 0.6) is 0 Å². The number of cyclic esters (lactones) is 1. The molecule has 1 aromatic heterocycles. The fourth-order valence-electron chi connectivity index (χ4n) is 6.21. The number of fused-ring (bicyclic) bond motifs is 4. The average molecular weight is 590 g/mol. The van der Waals surface area contributed by atoms with Gasteiger partial charge in [-0.1, -0.05) is 63.5 Å². The summed E-state index contributed by atoms with van der Waals surface area (Å²) in [5.41, 5.74) is 4.60. The number of hydrogen-bond acceptors (Lipinski definition) is 7. The van der Waals surface area contributed by atoms with Crippen molar-refractivity contribution in [3.8, 4) is 0 Å². The maximum atomic E-state index is 13.8. The van der Waals surface area contributed by atoms with Gasteiger partial charge in [0.1, 0.15) is 12.1 Å². The molecule has 230 valence electrons. The molecule has 43 heavy (non-hydrogen) atoms. The van der Waals surface area contributed by atoms with Gasteiger partial charge in [0.25, 0.3) is 11.8 Å². The number of carbonyl (C=O) groups excluding carboxylic acids is 4. The molecule has 2 fully saturated rings. The van der Waals surface area contributed by atoms with Crippen molar-refractivity contribution in [2.75, 3.05) is 6.54 Å². The van der Waals surface area contributed by atoms with E-state index in [0.717, 1.165) is 41.4 Å². The van der Waals surface area contributed by atoms with Crippen molar-refractivity contribution < 1.29 is 23.9 Å². The highest BCUT2D eigenvalue weighted by molar-refractivity contribution is 5.92. The van der Waals surface area contributed by atoms with Crippen LogP contribution in [0.3, 0.4) is 0 Å². The second-order valence-electron chi connectivity index (χ2n) is 12.6. The minimum Gasteiger partial charge on any atom is -0.451 e. The number of ether oxygens (including phenoxy) is 1. The minimum atomic E-state index is -1.05. The number of carbonyl (C=O) groups is 4. The number of rotatable bonds is 1. The first kappa shape index (κ1) is 30.7. The van der Waals surface area contributed by atoms with E-state index < -0.39 is 35.5 Å². The number of nitrogens with zero attached hydrogens (tertiary/aromatic N) is 2. The van der Waals surface area contributed by atoms with Gasteiger partial charge in [0.05, 0.1) is 22.7 Å². The van der Waals surface area contributed by atoms with Crippen molar-refractivity contribution in [1.29, 1.82) is 0 Å². The molecule has 3 heterocycles. The summed E-state index contributed by atoms with van der Waals surface area (Å²) in [6.45, 7) is 7.54. The van der Waals surface area contributed by atoms with Crippen molar-refractivity contribution in [3.05, 3.63) is 47.7 Å². The van der Waals surface area contributed by atoms with Gasteiger partial charge >= 0.3 is 5.97 Å². The first-order valence-electron chi connectivity index (χ1n) is 15.6. The molecule has 1 saturated heterocycles. The number of nitrogens with one attached hydrogen (secondary N) is 3. The third kappa shape index (κ3) is 6.74. The number of amides is 3. The van der Waals surface area contributed by atoms with Crippen LogP contribution >= 0.6 is 0 Å². The van der Waals surface area contributed by atoms with E-state index in [4.69, 9.17) is 9.72 Å². The summed E-state index contributed by atoms with van der Waals surface area (Å²) in [4.78, 5) is 58.7. The summed E-state index contributed by atoms with van der Waals surface area (Å²) >= 11 is 0. The molecule has 10 heteroatoms. The zero-order valence-corrected chi connectivity index (χ0v) is 25.5. The third-order valence-electron chi connectivity index (χ3n) is 8.88. The van der Waals surface area contributed by atoms with Crippen LogP contribution < -0.4 is 16.1 Å². The predicted octanol–water partition coefficient (Wildman–Crippen LogP) is 3.96. The van der Waals surface area contributed by atoms with E-state index in [1.54, 1.807) is 6.92 Å². The molecule has 1 saturated carbocycles. The number of benzene rings is 1. The summed E-state index contributed by atoms with van der Waals surface area (Å²) in [6.07, 6.45) is 8.11. The predicted molar refractivity (Wildman–Crippen MR) is 163 cm³/mol. The van der Waals surface area contributed by atoms with Crippen LogP contribution in [-0.4, -0.2) is 58.4 Å². The Morgan fingerprint density at radius 3 is 2.40 bits per heavy atom. The van der Waals surface area contributed by atoms with E-state index in [2.05, 4.69) is 16.1 Å². The smallest absolute Gasteiger partial charge is 0.316 e. The van der Waals surface area contributed by atoms with E-state index in [1.165, 1.54) is 5.01 Å². The summed E-state index contributed by atoms with van der Waals surface area (Å²) in [5, 5.41) is 8.17. The van der Waals surface area contributed by atoms with Gasteiger partial charge in [-0.15, -0.1) is 0 Å². The molecular weight excluding hydrogens is 546 g/mol. The number of aromatic nitrogens is 1. The van der Waals surface area contributed by atoms with E-state index in [-0.39, 0.29) is 23.8 Å². The van der Waals surface area contributed by atoms with Crippen molar-refractivity contribution >= 4 is 40.7 Å². The summed E-state index contributed by atoms with van der Waals surface area (Å²) < 4.78 is 5.98. The third-order valence-corrected chi connectivity index (χ3v) is 8.88. The zero-order valence-electron chi connectivity index (χ0n) is 25.5. The first-order valence-corrected chi connectivity index (χ1v) is 15.6. The lowest BCUT2D eigenvalue weighted by atomic mass is 9.73. The van der Waals surface area contributed by atoms with Crippen LogP contribution in [0, 0.1) is 11.3 Å². The Hall–Kier alpha value is -3.79. The molecule has 10 nitrogen and oxygen atoms in total. The van der Waals surface area contributed by atoms with Crippen LogP contribution in [-0.2, 0) is 23.9 Å². The maximum absolute atomic E-state index is 13.8. The van der Waals surface area contributed by atoms with Crippen molar-refractivity contribution in [1.82, 2.24) is 26.1 Å². The molecule has 3 amide bonds. The van der Waals surface area contributed by atoms with E-state index in [1.807, 2.05) is 63.3 Å². The topological polar surface area (TPSA) is 130 Å². The molecule has 2 aliphatic heterocycles. The van der Waals surface area contributed by atoms with Crippen molar-refractivity contribution in [3.63, 3.8) is 0 Å². The molecule has 1 aliphatic carbocycles. The van der Waals surface area contributed by atoms with E-state index >= 15 is 0 Å². The molecule has 1 aromatic carbocycles. The van der Waals surface area contributed by atoms with Gasteiger partial charge in [-0.3, -0.25) is 29.2 Å². The van der Waals surface area contributed by atoms with E-state index in [9.17, 15) is 19.2 Å². The Labute approximate surface area is 253 Å². The maximum Gasteiger partial charge on any atom is 0.316 e. The number of pyridine rings is 1. The molecule has 4 atom stereocenters. The molecule has 3 N–H and O–H groups in total. The average Bonchev–Trinajstić information content (AvgIpc) is 3.01. The minimum absolute atomic E-state index is 0.226. The van der Waals surface area contributed by atoms with Crippen LogP contribution in [0.4, 0.5) is 0 Å². The number of esters is 1. The van der Waals surface area contributed by atoms with Gasteiger partial charge in [0.2, 0.25) is 5.91 Å². The van der Waals surface area contributed by atoms with Gasteiger partial charge in [-0.2, -0.15) is 0 Å². The Kier molecular flexibility index (Phi) is 9.15. The monoisotopic (exact) mass is 589 g/mol. The van der Waals surface area contributed by atoms with Gasteiger partial charge in [0, 0.05) is 11.9 Å². The van der Waals surface area contributed by atoms with Gasteiger partial charge < -0.3 is 15.4 Å². The molecular formula is C33H43N5O5. The van der Waals surface area contributed by atoms with Crippen molar-refractivity contribution in [2.24, 2.45) is 11.3 Å². The lowest BCUT2D eigenvalue weighted by Crippen LogP contribution is -2.61. The van der Waals surface area contributed by atoms with Crippen LogP contribution in [0.1, 0.15) is 89.9 Å². The molecule has 3 aliphatic rings. The second-order valence-corrected chi connectivity index (χ2v) is 12.6. The fourth-order valence-corrected chi connectivity index (χ4v) is 6.21. The number of hydrazine groups is 1. The second kappa shape index (κ2) is 12.8. The summed E-state index contributed by atoms with van der Waals surface area (Å²) in [5.74, 6) is -1.82. The van der Waals surface area contributed by atoms with Crippen molar-refractivity contribution in [2.45, 2.75) is 96.9 Å². The molecule has 2 aromatic rings. The Morgan fingerprint density at radius 2 is 1.65 bits per heavy atom. The highest BCUT2D eigenvalue weighted by atomic mass is 16.5. The van der Waals surface area contributed by atoms with E-state index in [0.29, 0.717) is 32.2 Å². The largest absolute Gasteiger partial charge is 0.451 e. The highest BCUT2D eigenvalue weighted by Gasteiger charge is 2.42. The zero-order chi connectivity index (χ0) is 30.7. The summed E-state index contributed by atoms with van der Waals surface area (Å²) in [6, 6.07) is 8.01. The molecule has 5 bridgehead atoms. The fraction of sp³-hybridized carbons (Fsp3) is 0.545. The molecule has 5 rings (SSSR count). The lowest BCUT2D eigenvalue weighted by Gasteiger charge is -2.36. The van der Waals surface area contributed by atoms with Gasteiger partial charge in [0.15, 0.2) is 6.10 Å². The Balaban J connectivity index is 1.53. The normalized spacial score (nSPS) is 28.0. The Morgan fingerprint density at radius 1 is 0.930 bits per heavy atom. The quantitative estimate of drug-likeness (QED) is 0.430. The lowest BCUT2D eigenvalue weighted by molar-refractivity contribution is -0.168. The Bertz CT molecular complexity index is 1420.